The van der Waals surface area contributed by atoms with E-state index in [1.165, 1.54) is 11.8 Å². The van der Waals surface area contributed by atoms with Gasteiger partial charge in [-0.15, -0.1) is 10.2 Å². The van der Waals surface area contributed by atoms with E-state index in [-0.39, 0.29) is 11.7 Å². The molecule has 1 aromatic carbocycles. The first-order valence-corrected chi connectivity index (χ1v) is 9.98. The van der Waals surface area contributed by atoms with Crippen molar-refractivity contribution in [3.05, 3.63) is 65.6 Å². The molecule has 0 aliphatic heterocycles. The van der Waals surface area contributed by atoms with Crippen molar-refractivity contribution in [3.8, 4) is 22.9 Å². The number of hydrogen-bond acceptors (Lipinski definition) is 7. The van der Waals surface area contributed by atoms with Crippen molar-refractivity contribution in [2.45, 2.75) is 12.1 Å². The molecule has 4 aromatic rings. The van der Waals surface area contributed by atoms with Crippen molar-refractivity contribution in [2.24, 2.45) is 0 Å². The number of anilines is 1. The largest absolute Gasteiger partial charge is 0.463 e. The minimum absolute atomic E-state index is 0.116. The first-order chi connectivity index (χ1) is 14.1. The molecule has 0 aliphatic carbocycles. The number of amides is 1. The Labute approximate surface area is 175 Å². The predicted molar refractivity (Wildman–Crippen MR) is 111 cm³/mol. The van der Waals surface area contributed by atoms with Crippen molar-refractivity contribution in [2.75, 3.05) is 11.1 Å². The zero-order valence-electron chi connectivity index (χ0n) is 15.3. The average Bonchev–Trinajstić information content (AvgIpc) is 3.43. The van der Waals surface area contributed by atoms with E-state index in [9.17, 15) is 4.79 Å². The highest BCUT2D eigenvalue weighted by atomic mass is 35.5. The fourth-order valence-electron chi connectivity index (χ4n) is 2.53. The van der Waals surface area contributed by atoms with Gasteiger partial charge in [0.1, 0.15) is 5.69 Å². The summed E-state index contributed by atoms with van der Waals surface area (Å²) in [7, 11) is 0. The number of hydrogen-bond donors (Lipinski definition) is 1. The number of nitrogens with one attached hydrogen (secondary N) is 1. The fourth-order valence-corrected chi connectivity index (χ4v) is 3.30. The third-order valence-corrected chi connectivity index (χ3v) is 5.21. The Morgan fingerprint density at radius 3 is 2.45 bits per heavy atom. The number of aryl methyl sites for hydroxylation is 1. The molecule has 0 unspecified atom stereocenters. The van der Waals surface area contributed by atoms with Crippen LogP contribution in [0, 0.1) is 6.92 Å². The van der Waals surface area contributed by atoms with E-state index in [0.29, 0.717) is 38.8 Å². The van der Waals surface area contributed by atoms with E-state index in [4.69, 9.17) is 20.4 Å². The van der Waals surface area contributed by atoms with E-state index in [0.717, 1.165) is 5.56 Å². The van der Waals surface area contributed by atoms with E-state index >= 15 is 0 Å². The maximum Gasteiger partial charge on any atom is 0.234 e. The second-order valence-corrected chi connectivity index (χ2v) is 7.40. The molecule has 3 heterocycles. The van der Waals surface area contributed by atoms with Crippen molar-refractivity contribution in [1.82, 2.24) is 15.2 Å². The van der Waals surface area contributed by atoms with E-state index < -0.39 is 0 Å². The summed E-state index contributed by atoms with van der Waals surface area (Å²) in [5.41, 5.74) is 2.54. The smallest absolute Gasteiger partial charge is 0.234 e. The highest BCUT2D eigenvalue weighted by molar-refractivity contribution is 7.99. The summed E-state index contributed by atoms with van der Waals surface area (Å²) >= 11 is 7.26. The van der Waals surface area contributed by atoms with Crippen LogP contribution in [-0.4, -0.2) is 26.8 Å². The third-order valence-electron chi connectivity index (χ3n) is 3.96. The van der Waals surface area contributed by atoms with Crippen LogP contribution in [0.25, 0.3) is 22.9 Å². The molecule has 7 nitrogen and oxygen atoms in total. The molecule has 0 spiro atoms. The van der Waals surface area contributed by atoms with Crippen LogP contribution in [0.2, 0.25) is 5.02 Å². The topological polar surface area (TPSA) is 94.1 Å². The van der Waals surface area contributed by atoms with Gasteiger partial charge in [0.05, 0.1) is 18.3 Å². The van der Waals surface area contributed by atoms with Crippen LogP contribution in [0.3, 0.4) is 0 Å². The lowest BCUT2D eigenvalue weighted by Crippen LogP contribution is -2.14. The number of nitrogens with zero attached hydrogens (tertiary/aromatic N) is 3. The molecule has 1 amide bonds. The van der Waals surface area contributed by atoms with Crippen LogP contribution in [-0.2, 0) is 4.79 Å². The van der Waals surface area contributed by atoms with Gasteiger partial charge < -0.3 is 14.2 Å². The molecule has 146 valence electrons. The average molecular weight is 427 g/mol. The number of halogens is 1. The molecule has 0 saturated heterocycles. The molecule has 0 atom stereocenters. The lowest BCUT2D eigenvalue weighted by atomic mass is 10.2. The van der Waals surface area contributed by atoms with E-state index in [2.05, 4.69) is 20.5 Å². The Kier molecular flexibility index (Phi) is 5.64. The van der Waals surface area contributed by atoms with Crippen LogP contribution in [0.1, 0.15) is 5.56 Å². The number of furan rings is 2. The first-order valence-electron chi connectivity index (χ1n) is 8.61. The van der Waals surface area contributed by atoms with Gasteiger partial charge in [-0.05, 0) is 48.9 Å². The molecule has 0 bridgehead atoms. The van der Waals surface area contributed by atoms with Gasteiger partial charge in [0.25, 0.3) is 0 Å². The normalized spacial score (nSPS) is 10.8. The van der Waals surface area contributed by atoms with E-state index in [1.54, 1.807) is 48.9 Å². The minimum atomic E-state index is -0.201. The van der Waals surface area contributed by atoms with Crippen molar-refractivity contribution in [1.29, 1.82) is 0 Å². The summed E-state index contributed by atoms with van der Waals surface area (Å²) < 4.78 is 10.9. The van der Waals surface area contributed by atoms with Gasteiger partial charge in [-0.2, -0.15) is 0 Å². The summed E-state index contributed by atoms with van der Waals surface area (Å²) in [5, 5.41) is 12.1. The molecule has 0 radical (unpaired) electrons. The highest BCUT2D eigenvalue weighted by Crippen LogP contribution is 2.30. The highest BCUT2D eigenvalue weighted by Gasteiger charge is 2.18. The quantitative estimate of drug-likeness (QED) is 0.429. The SMILES string of the molecule is Cc1ccc(NC(=O)CSc2nnc(-c3ccco3)c(-c3ccco3)n2)cc1Cl. The third kappa shape index (κ3) is 4.49. The summed E-state index contributed by atoms with van der Waals surface area (Å²) in [6.45, 7) is 1.90. The Balaban J connectivity index is 1.49. The van der Waals surface area contributed by atoms with Gasteiger partial charge >= 0.3 is 0 Å². The summed E-state index contributed by atoms with van der Waals surface area (Å²) in [5.74, 6) is 0.979. The van der Waals surface area contributed by atoms with Crippen molar-refractivity contribution < 1.29 is 13.6 Å². The van der Waals surface area contributed by atoms with Crippen LogP contribution in [0.5, 0.6) is 0 Å². The first kappa shape index (κ1) is 19.2. The summed E-state index contributed by atoms with van der Waals surface area (Å²) in [4.78, 5) is 16.8. The number of carbonyl (C=O) groups excluding carboxylic acids is 1. The lowest BCUT2D eigenvalue weighted by Gasteiger charge is -2.07. The van der Waals surface area contributed by atoms with Gasteiger partial charge in [0.2, 0.25) is 11.1 Å². The predicted octanol–water partition coefficient (Wildman–Crippen LogP) is 5.08. The molecule has 29 heavy (non-hydrogen) atoms. The second kappa shape index (κ2) is 8.50. The molecule has 0 aliphatic rings. The Morgan fingerprint density at radius 2 is 1.79 bits per heavy atom. The zero-order chi connectivity index (χ0) is 20.2. The number of benzene rings is 1. The van der Waals surface area contributed by atoms with Crippen LogP contribution >= 0.6 is 23.4 Å². The zero-order valence-corrected chi connectivity index (χ0v) is 16.8. The van der Waals surface area contributed by atoms with Crippen molar-refractivity contribution >= 4 is 35.0 Å². The van der Waals surface area contributed by atoms with Gasteiger partial charge in [-0.3, -0.25) is 4.79 Å². The van der Waals surface area contributed by atoms with Crippen LogP contribution < -0.4 is 5.32 Å². The second-order valence-electron chi connectivity index (χ2n) is 6.05. The van der Waals surface area contributed by atoms with Gasteiger partial charge in [-0.25, -0.2) is 4.98 Å². The van der Waals surface area contributed by atoms with Gasteiger partial charge in [0.15, 0.2) is 17.2 Å². The molecule has 0 fully saturated rings. The molecule has 1 N–H and O–H groups in total. The Bertz CT molecular complexity index is 1130. The number of rotatable bonds is 6. The van der Waals surface area contributed by atoms with Crippen LogP contribution in [0.15, 0.2) is 69.0 Å². The molecular formula is C20H15ClN4O3S. The Morgan fingerprint density at radius 1 is 1.07 bits per heavy atom. The lowest BCUT2D eigenvalue weighted by molar-refractivity contribution is -0.113. The molecular weight excluding hydrogens is 412 g/mol. The maximum atomic E-state index is 12.3. The molecule has 4 rings (SSSR count). The number of thioether (sulfide) groups is 1. The number of aromatic nitrogens is 3. The Hall–Kier alpha value is -3.10. The molecule has 0 saturated carbocycles. The van der Waals surface area contributed by atoms with Crippen molar-refractivity contribution in [3.63, 3.8) is 0 Å². The summed E-state index contributed by atoms with van der Waals surface area (Å²) in [6, 6.07) is 12.4. The molecule has 9 heteroatoms. The molecule has 3 aromatic heterocycles. The van der Waals surface area contributed by atoms with Crippen LogP contribution in [0.4, 0.5) is 5.69 Å². The number of carbonyl (C=O) groups is 1. The summed E-state index contributed by atoms with van der Waals surface area (Å²) in [6.07, 6.45) is 3.10. The standard InChI is InChI=1S/C20H15ClN4O3S/c1-12-6-7-13(10-14(12)21)22-17(26)11-29-20-23-18(15-4-2-8-27-15)19(24-25-20)16-5-3-9-28-16/h2-10H,11H2,1H3,(H,22,26). The van der Waals surface area contributed by atoms with Gasteiger partial charge in [0, 0.05) is 10.7 Å². The maximum absolute atomic E-state index is 12.3. The van der Waals surface area contributed by atoms with E-state index in [1.807, 2.05) is 13.0 Å². The fraction of sp³-hybridized carbons (Fsp3) is 0.100. The minimum Gasteiger partial charge on any atom is -0.463 e. The monoisotopic (exact) mass is 426 g/mol. The van der Waals surface area contributed by atoms with Gasteiger partial charge in [-0.1, -0.05) is 29.4 Å².